The molecule has 0 amide bonds. The molecule has 22 nitrogen and oxygen atoms in total. The van der Waals surface area contributed by atoms with Crippen molar-refractivity contribution in [1.29, 1.82) is 10.5 Å². The number of hydrogen-bond donors (Lipinski definition) is 1. The minimum atomic E-state index is -3.38. The smallest absolute Gasteiger partial charge is 0.796 e. The molecule has 10 heterocycles. The van der Waals surface area contributed by atoms with Gasteiger partial charge in [0.2, 0.25) is 11.4 Å². The molecule has 0 spiro atoms. The van der Waals surface area contributed by atoms with E-state index in [0.717, 1.165) is 50.7 Å². The molecule has 0 saturated carbocycles. The van der Waals surface area contributed by atoms with Gasteiger partial charge in [-0.3, -0.25) is 25.1 Å². The molecule has 0 saturated heterocycles. The van der Waals surface area contributed by atoms with E-state index in [2.05, 4.69) is 58.6 Å². The van der Waals surface area contributed by atoms with Crippen molar-refractivity contribution >= 4 is 61.5 Å². The molecule has 10 rings (SSSR count). The van der Waals surface area contributed by atoms with Gasteiger partial charge in [-0.05, 0) is 110 Å². The van der Waals surface area contributed by atoms with Gasteiger partial charge in [0.15, 0.2) is 32.1 Å². The van der Waals surface area contributed by atoms with E-state index in [9.17, 15) is 37.4 Å². The molecule has 28 heteroatoms. The Morgan fingerprint density at radius 2 is 0.907 bits per heavy atom. The number of nitrogens with two attached hydrogens (primary N) is 1. The fourth-order valence-electron chi connectivity index (χ4n) is 6.86. The number of pyridine rings is 10. The predicted molar refractivity (Wildman–Crippen MR) is 327 cm³/mol. The van der Waals surface area contributed by atoms with Crippen LogP contribution in [0.25, 0.3) is 56.9 Å². The summed E-state index contributed by atoms with van der Waals surface area (Å²) in [5.41, 5.74) is 11.8. The van der Waals surface area contributed by atoms with Gasteiger partial charge in [0, 0.05) is 72.0 Å². The van der Waals surface area contributed by atoms with E-state index in [-0.39, 0.29) is 63.0 Å². The van der Waals surface area contributed by atoms with Crippen LogP contribution in [0.4, 0.5) is 5.69 Å². The summed E-state index contributed by atoms with van der Waals surface area (Å²) in [6, 6.07) is 46.1. The Bertz CT molecular complexity index is 4150. The first-order valence-electron chi connectivity index (χ1n) is 24.5. The quantitative estimate of drug-likeness (QED) is 0.0307. The minimum absolute atomic E-state index is 0. The van der Waals surface area contributed by atoms with E-state index in [4.69, 9.17) is 16.3 Å². The number of nitriles is 2. The van der Waals surface area contributed by atoms with Crippen LogP contribution >= 0.6 is 23.5 Å². The summed E-state index contributed by atoms with van der Waals surface area (Å²) in [6.45, 7) is 0.184. The molecule has 0 radical (unpaired) electrons. The fourth-order valence-corrected chi connectivity index (χ4v) is 9.07. The van der Waals surface area contributed by atoms with Crippen molar-refractivity contribution < 1.29 is 60.8 Å². The maximum Gasteiger partial charge on any atom is 1.00 e. The van der Waals surface area contributed by atoms with Crippen molar-refractivity contribution in [2.24, 2.45) is 5.73 Å². The number of thioether (sulfide) groups is 2. The first-order valence-corrected chi connectivity index (χ1v) is 31.5. The second-order valence-corrected chi connectivity index (χ2v) is 22.5. The number of rotatable bonds is 11. The molecule has 0 atom stereocenters. The first kappa shape index (κ1) is 69.9. The summed E-state index contributed by atoms with van der Waals surface area (Å²) in [6.07, 6.45) is 18.5. The zero-order chi connectivity index (χ0) is 61.9. The van der Waals surface area contributed by atoms with Crippen LogP contribution in [0.3, 0.4) is 0 Å². The Hall–Kier alpha value is -8.61. The van der Waals surface area contributed by atoms with Gasteiger partial charge in [0.05, 0.1) is 66.7 Å². The maximum atomic E-state index is 11.6. The second-order valence-electron chi connectivity index (χ2n) is 16.7. The molecule has 86 heavy (non-hydrogen) atoms. The van der Waals surface area contributed by atoms with Crippen LogP contribution in [0.15, 0.2) is 215 Å². The Kier molecular flexibility index (Phi) is 28.4. The van der Waals surface area contributed by atoms with Crippen LogP contribution in [-0.2, 0) is 38.8 Å². The van der Waals surface area contributed by atoms with Crippen molar-refractivity contribution in [3.05, 3.63) is 233 Å². The van der Waals surface area contributed by atoms with Gasteiger partial charge >= 0.3 is 29.6 Å². The van der Waals surface area contributed by atoms with E-state index in [0.29, 0.717) is 56.0 Å². The number of nitro groups is 1. The van der Waals surface area contributed by atoms with Gasteiger partial charge < -0.3 is 28.8 Å². The number of hydrogen-bond acceptors (Lipinski definition) is 22. The van der Waals surface area contributed by atoms with Gasteiger partial charge in [-0.15, -0.1) is 23.5 Å². The third-order valence-electron chi connectivity index (χ3n) is 10.9. The van der Waals surface area contributed by atoms with Gasteiger partial charge in [0.1, 0.15) is 34.9 Å². The summed E-state index contributed by atoms with van der Waals surface area (Å²) in [5, 5.41) is 51.3. The Morgan fingerprint density at radius 3 is 1.29 bits per heavy atom. The van der Waals surface area contributed by atoms with Crippen molar-refractivity contribution in [2.75, 3.05) is 31.3 Å². The third-order valence-corrected chi connectivity index (χ3v) is 14.5. The Morgan fingerprint density at radius 1 is 0.523 bits per heavy atom. The van der Waals surface area contributed by atoms with Gasteiger partial charge in [-0.2, -0.15) is 26.2 Å². The van der Waals surface area contributed by atoms with Crippen LogP contribution in [0.2, 0.25) is 0 Å². The summed E-state index contributed by atoms with van der Waals surface area (Å²) in [4.78, 5) is 45.5. The zero-order valence-electron chi connectivity index (χ0n) is 46.9. The average Bonchev–Trinajstić information content (AvgIpc) is 3.64. The van der Waals surface area contributed by atoms with Gasteiger partial charge in [0.25, 0.3) is 5.69 Å². The zero-order valence-corrected chi connectivity index (χ0v) is 53.0. The number of nitrogens with zero attached hydrogens (tertiary/aromatic N) is 13. The second kappa shape index (κ2) is 35.0. The fraction of sp³-hybridized carbons (Fsp3) is 0.103. The molecule has 0 aliphatic rings. The minimum Gasteiger partial charge on any atom is -0.796 e. The summed E-state index contributed by atoms with van der Waals surface area (Å²) >= 11 is 7.28. The van der Waals surface area contributed by atoms with E-state index in [1.807, 2.05) is 73.2 Å². The largest absolute Gasteiger partial charge is 1.00 e. The Labute approximate surface area is 533 Å². The van der Waals surface area contributed by atoms with Gasteiger partial charge in [-0.25, -0.2) is 41.8 Å². The summed E-state index contributed by atoms with van der Waals surface area (Å²) < 4.78 is 47.6. The summed E-state index contributed by atoms with van der Waals surface area (Å²) in [7, 11) is -6.67. The van der Waals surface area contributed by atoms with E-state index >= 15 is 0 Å². The molecule has 10 aromatic heterocycles. The molecule has 2 N–H and O–H groups in total. The van der Waals surface area contributed by atoms with Crippen molar-refractivity contribution in [1.82, 2.24) is 39.9 Å². The van der Waals surface area contributed by atoms with Gasteiger partial charge in [-0.1, -0.05) is 30.3 Å². The monoisotopic (exact) mass is 1250 g/mol. The number of sulfone groups is 2. The molecule has 0 fully saturated rings. The molecular weight excluding hydrogens is 1200 g/mol. The first-order chi connectivity index (χ1) is 40.8. The van der Waals surface area contributed by atoms with Crippen LogP contribution in [0.1, 0.15) is 17.1 Å². The molecule has 0 aliphatic carbocycles. The molecule has 0 unspecified atom stereocenters. The SMILES string of the molecule is CS(=O)(=O)c1cc(C#N)nc(-c2ccccn2)c1.CS(=O)(=O)c1cc(CN)nc(-c2ccccn2)c1.CSc1cc(C#N)nc(-c2ccccn2)c1.CSc1cc[n+]([O-])c(-c2ccccn2)c1.C[S-].O=[N+]([O-])c1cc[n+]([O-])c(-c2ccccn2)c1.[Na+]. The van der Waals surface area contributed by atoms with Crippen molar-refractivity contribution in [2.45, 2.75) is 26.1 Å². The van der Waals surface area contributed by atoms with Crippen molar-refractivity contribution in [3.63, 3.8) is 0 Å². The third kappa shape index (κ3) is 21.5. The average molecular weight is 1260 g/mol. The predicted octanol–water partition coefficient (Wildman–Crippen LogP) is 5.72. The molecule has 0 aliphatic heterocycles. The maximum absolute atomic E-state index is 11.6. The normalized spacial score (nSPS) is 10.2. The number of aromatic nitrogens is 10. The molecular formula is C58H51N14NaO8S5. The molecule has 10 aromatic rings. The van der Waals surface area contributed by atoms with Crippen LogP contribution < -0.4 is 44.8 Å². The van der Waals surface area contributed by atoms with Crippen LogP contribution in [-0.4, -0.2) is 92.9 Å². The van der Waals surface area contributed by atoms with Crippen LogP contribution in [0, 0.1) is 43.2 Å². The van der Waals surface area contributed by atoms with E-state index < -0.39 is 24.6 Å². The topological polar surface area (TPSA) is 342 Å². The molecule has 432 valence electrons. The van der Waals surface area contributed by atoms with E-state index in [1.54, 1.807) is 115 Å². The summed E-state index contributed by atoms with van der Waals surface area (Å²) in [5.74, 6) is 0. The Balaban J connectivity index is 0.000000228. The standard InChI is InChI=1S/C12H13N3O2S.C12H9N3O2S.C12H9N3S.C11H10N2OS.C10H7N3O3.CH4S.Na/c2*1-18(16,17)10-6-9(8-13)15-12(7-10)11-4-2-3-5-14-11;1-16-10-6-9(8-13)15-12(7-10)11-4-2-3-5-14-11;1-15-9-5-7-13(14)11(8-9)10-4-2-3-6-12-10;14-12-6-4-8(13(15)16)7-10(12)9-3-1-2-5-11-9;1-2;/h2-7H,8,13H2,1H3;2-7H,1H3;2-7H,1H3;2-8H,1H3;1-7H;2H,1H3;/q;;;;;;+1/p-1. The molecule has 0 bridgehead atoms. The molecule has 0 aromatic carbocycles. The van der Waals surface area contributed by atoms with Crippen LogP contribution in [0.5, 0.6) is 0 Å². The van der Waals surface area contributed by atoms with E-state index in [1.165, 1.54) is 42.7 Å². The van der Waals surface area contributed by atoms with Crippen molar-refractivity contribution in [3.8, 4) is 69.1 Å².